The molecule has 0 spiro atoms. The highest BCUT2D eigenvalue weighted by molar-refractivity contribution is 7.80. The minimum atomic E-state index is -0.278. The Balaban J connectivity index is 1.60. The molecule has 4 aromatic rings. The number of aryl methyl sites for hydroxylation is 1. The van der Waals surface area contributed by atoms with E-state index < -0.39 is 0 Å². The molecule has 0 unspecified atom stereocenters. The van der Waals surface area contributed by atoms with E-state index in [1.165, 1.54) is 7.11 Å². The molecule has 202 valence electrons. The minimum Gasteiger partial charge on any atom is -0.495 e. The number of carbonyl (C=O) groups excluding carboxylic acids is 1. The van der Waals surface area contributed by atoms with E-state index >= 15 is 0 Å². The summed E-state index contributed by atoms with van der Waals surface area (Å²) < 4.78 is 18.4. The third kappa shape index (κ3) is 5.25. The van der Waals surface area contributed by atoms with Crippen LogP contribution in [0, 0.1) is 13.8 Å². The van der Waals surface area contributed by atoms with Gasteiger partial charge in [0.15, 0.2) is 5.11 Å². The van der Waals surface area contributed by atoms with E-state index in [-0.39, 0.29) is 24.6 Å². The van der Waals surface area contributed by atoms with Crippen molar-refractivity contribution in [3.8, 4) is 5.75 Å². The number of ether oxygens (including phenoxy) is 2. The first kappa shape index (κ1) is 26.5. The molecule has 1 aliphatic heterocycles. The van der Waals surface area contributed by atoms with Crippen molar-refractivity contribution in [2.45, 2.75) is 32.5 Å². The Morgan fingerprint density at radius 3 is 2.69 bits per heavy atom. The van der Waals surface area contributed by atoms with Crippen LogP contribution in [-0.4, -0.2) is 41.4 Å². The molecule has 1 aliphatic rings. The molecule has 0 saturated carbocycles. The van der Waals surface area contributed by atoms with Gasteiger partial charge in [0.05, 0.1) is 43.4 Å². The molecule has 10 heteroatoms. The molecule has 1 aromatic carbocycles. The number of carbonyl (C=O) groups is 1. The number of methoxy groups -OCH3 is 2. The summed E-state index contributed by atoms with van der Waals surface area (Å²) >= 11 is 5.91. The number of aromatic nitrogens is 2. The Bertz CT molecular complexity index is 1470. The Labute approximate surface area is 232 Å². The molecule has 0 aliphatic carbocycles. The summed E-state index contributed by atoms with van der Waals surface area (Å²) in [5.41, 5.74) is 5.55. The van der Waals surface area contributed by atoms with Gasteiger partial charge in [0.1, 0.15) is 18.1 Å². The molecule has 3 aromatic heterocycles. The van der Waals surface area contributed by atoms with Gasteiger partial charge in [0.25, 0.3) is 0 Å². The monoisotopic (exact) mass is 545 g/mol. The van der Waals surface area contributed by atoms with Crippen molar-refractivity contribution in [2.75, 3.05) is 31.0 Å². The molecule has 1 fully saturated rings. The van der Waals surface area contributed by atoms with E-state index in [1.807, 2.05) is 48.5 Å². The average molecular weight is 546 g/mol. The van der Waals surface area contributed by atoms with Crippen molar-refractivity contribution in [2.24, 2.45) is 0 Å². The molecule has 39 heavy (non-hydrogen) atoms. The standard InChI is InChI=1S/C29H31N5O4S/c1-18-14-22(19(2)33(18)16-21-8-7-13-38-21)28-27(23-9-5-6-12-30-23)32-29(39)34(28)20-10-11-25(37-4)24(15-20)31-26(35)17-36-3/h5-15,27-28H,16-17H2,1-4H3,(H,31,35)(H,32,39)/t27-,28-/m1/s1. The Morgan fingerprint density at radius 2 is 2.00 bits per heavy atom. The highest BCUT2D eigenvalue weighted by Gasteiger charge is 2.42. The van der Waals surface area contributed by atoms with Crippen molar-refractivity contribution in [3.05, 3.63) is 95.5 Å². The number of hydrogen-bond donors (Lipinski definition) is 2. The maximum atomic E-state index is 12.4. The second-order valence-electron chi connectivity index (χ2n) is 9.35. The van der Waals surface area contributed by atoms with Gasteiger partial charge in [0.2, 0.25) is 5.91 Å². The SMILES string of the molecule is COCC(=O)Nc1cc(N2C(=S)N[C@H](c3ccccn3)[C@H]2c2cc(C)n(Cc3ccco3)c2C)ccc1OC. The van der Waals surface area contributed by atoms with Gasteiger partial charge in [-0.3, -0.25) is 9.78 Å². The lowest BCUT2D eigenvalue weighted by Crippen LogP contribution is -2.29. The van der Waals surface area contributed by atoms with E-state index in [4.69, 9.17) is 26.1 Å². The predicted molar refractivity (Wildman–Crippen MR) is 153 cm³/mol. The number of benzene rings is 1. The van der Waals surface area contributed by atoms with Crippen molar-refractivity contribution in [1.82, 2.24) is 14.9 Å². The third-order valence-corrected chi connectivity index (χ3v) is 7.25. The Kier molecular flexibility index (Phi) is 7.67. The number of nitrogens with zero attached hydrogens (tertiary/aromatic N) is 3. The quantitative estimate of drug-likeness (QED) is 0.287. The Morgan fingerprint density at radius 1 is 1.15 bits per heavy atom. The van der Waals surface area contributed by atoms with Gasteiger partial charge in [-0.25, -0.2) is 0 Å². The number of hydrogen-bond acceptors (Lipinski definition) is 6. The van der Waals surface area contributed by atoms with Crippen LogP contribution >= 0.6 is 12.2 Å². The first-order valence-electron chi connectivity index (χ1n) is 12.6. The Hall–Kier alpha value is -4.15. The summed E-state index contributed by atoms with van der Waals surface area (Å²) in [6.45, 7) is 4.77. The minimum absolute atomic E-state index is 0.0664. The lowest BCUT2D eigenvalue weighted by Gasteiger charge is -2.29. The number of pyridine rings is 1. The maximum Gasteiger partial charge on any atom is 0.250 e. The van der Waals surface area contributed by atoms with E-state index in [2.05, 4.69) is 45.0 Å². The van der Waals surface area contributed by atoms with Crippen LogP contribution in [-0.2, 0) is 16.1 Å². The predicted octanol–water partition coefficient (Wildman–Crippen LogP) is 4.91. The number of amides is 1. The van der Waals surface area contributed by atoms with Crippen LogP contribution < -0.4 is 20.3 Å². The van der Waals surface area contributed by atoms with E-state index in [0.717, 1.165) is 34.1 Å². The van der Waals surface area contributed by atoms with Crippen molar-refractivity contribution >= 4 is 34.6 Å². The molecular formula is C29H31N5O4S. The molecule has 1 amide bonds. The summed E-state index contributed by atoms with van der Waals surface area (Å²) in [6.07, 6.45) is 3.48. The van der Waals surface area contributed by atoms with Crippen molar-refractivity contribution < 1.29 is 18.7 Å². The third-order valence-electron chi connectivity index (χ3n) is 6.93. The van der Waals surface area contributed by atoms with Crippen LogP contribution in [0.15, 0.2) is 71.5 Å². The van der Waals surface area contributed by atoms with Crippen LogP contribution in [0.5, 0.6) is 5.75 Å². The van der Waals surface area contributed by atoms with Gasteiger partial charge in [0, 0.05) is 30.4 Å². The van der Waals surface area contributed by atoms with Gasteiger partial charge in [-0.2, -0.15) is 0 Å². The fourth-order valence-corrected chi connectivity index (χ4v) is 5.48. The summed E-state index contributed by atoms with van der Waals surface area (Å²) in [7, 11) is 3.04. The summed E-state index contributed by atoms with van der Waals surface area (Å²) in [5.74, 6) is 1.14. The average Bonchev–Trinajstić information content (AvgIpc) is 3.64. The van der Waals surface area contributed by atoms with E-state index in [9.17, 15) is 4.79 Å². The summed E-state index contributed by atoms with van der Waals surface area (Å²) in [5, 5.41) is 6.95. The zero-order valence-electron chi connectivity index (χ0n) is 22.3. The molecule has 4 heterocycles. The lowest BCUT2D eigenvalue weighted by molar-refractivity contribution is -0.119. The zero-order chi connectivity index (χ0) is 27.5. The number of rotatable bonds is 9. The fourth-order valence-electron chi connectivity index (χ4n) is 5.14. The molecule has 2 N–H and O–H groups in total. The fraction of sp³-hybridized carbons (Fsp3) is 0.276. The van der Waals surface area contributed by atoms with Crippen LogP contribution in [0.25, 0.3) is 0 Å². The second-order valence-corrected chi connectivity index (χ2v) is 9.74. The van der Waals surface area contributed by atoms with Gasteiger partial charge >= 0.3 is 0 Å². The second kappa shape index (κ2) is 11.3. The summed E-state index contributed by atoms with van der Waals surface area (Å²) in [4.78, 5) is 19.1. The smallest absolute Gasteiger partial charge is 0.250 e. The first-order valence-corrected chi connectivity index (χ1v) is 13.0. The highest BCUT2D eigenvalue weighted by Crippen LogP contribution is 2.44. The lowest BCUT2D eigenvalue weighted by atomic mass is 9.96. The van der Waals surface area contributed by atoms with E-state index in [0.29, 0.717) is 23.1 Å². The molecule has 5 rings (SSSR count). The van der Waals surface area contributed by atoms with Gasteiger partial charge < -0.3 is 34.0 Å². The largest absolute Gasteiger partial charge is 0.495 e. The molecular weight excluding hydrogens is 514 g/mol. The number of nitrogens with one attached hydrogen (secondary N) is 2. The molecule has 0 radical (unpaired) electrons. The number of furan rings is 1. The molecule has 2 atom stereocenters. The number of anilines is 2. The first-order chi connectivity index (χ1) is 18.9. The topological polar surface area (TPSA) is 93.8 Å². The normalized spacial score (nSPS) is 16.8. The molecule has 0 bridgehead atoms. The summed E-state index contributed by atoms with van der Waals surface area (Å²) in [6, 6.07) is 17.2. The number of thiocarbonyl (C=S) groups is 1. The molecule has 9 nitrogen and oxygen atoms in total. The maximum absolute atomic E-state index is 12.4. The van der Waals surface area contributed by atoms with Crippen LogP contribution in [0.4, 0.5) is 11.4 Å². The van der Waals surface area contributed by atoms with Crippen LogP contribution in [0.1, 0.15) is 40.5 Å². The van der Waals surface area contributed by atoms with E-state index in [1.54, 1.807) is 19.6 Å². The van der Waals surface area contributed by atoms with Gasteiger partial charge in [-0.1, -0.05) is 6.07 Å². The highest BCUT2D eigenvalue weighted by atomic mass is 32.1. The van der Waals surface area contributed by atoms with Gasteiger partial charge in [-0.05, 0) is 80.2 Å². The van der Waals surface area contributed by atoms with Gasteiger partial charge in [-0.15, -0.1) is 0 Å². The van der Waals surface area contributed by atoms with Crippen LogP contribution in [0.2, 0.25) is 0 Å². The van der Waals surface area contributed by atoms with Crippen LogP contribution in [0.3, 0.4) is 0 Å². The van der Waals surface area contributed by atoms with Crippen molar-refractivity contribution in [3.63, 3.8) is 0 Å². The van der Waals surface area contributed by atoms with Crippen molar-refractivity contribution in [1.29, 1.82) is 0 Å². The zero-order valence-corrected chi connectivity index (χ0v) is 23.1. The molecule has 1 saturated heterocycles.